The van der Waals surface area contributed by atoms with Crippen LogP contribution in [0.25, 0.3) is 0 Å². The van der Waals surface area contributed by atoms with Crippen LogP contribution in [0, 0.1) is 0 Å². The Kier molecular flexibility index (Phi) is 7.28. The summed E-state index contributed by atoms with van der Waals surface area (Å²) in [5.41, 5.74) is 1.81. The molecule has 0 saturated carbocycles. The van der Waals surface area contributed by atoms with Gasteiger partial charge < -0.3 is 14.8 Å². The van der Waals surface area contributed by atoms with E-state index < -0.39 is 0 Å². The zero-order valence-electron chi connectivity index (χ0n) is 15.5. The molecule has 1 amide bonds. The fourth-order valence-corrected chi connectivity index (χ4v) is 3.48. The van der Waals surface area contributed by atoms with Gasteiger partial charge in [0.15, 0.2) is 0 Å². The minimum atomic E-state index is -0.0506. The van der Waals surface area contributed by atoms with Gasteiger partial charge in [-0.25, -0.2) is 4.98 Å². The zero-order chi connectivity index (χ0) is 19.8. The standard InChI is InChI=1S/C21H21ClN2O3S/c1-26-19-5-3-2-4-15(19)10-11-23-20(25)12-17-14-28-21(24-17)13-27-18-8-6-16(22)7-9-18/h2-9,14H,10-13H2,1H3,(H,23,25). The van der Waals surface area contributed by atoms with Crippen molar-refractivity contribution in [2.24, 2.45) is 0 Å². The molecule has 0 spiro atoms. The largest absolute Gasteiger partial charge is 0.496 e. The molecule has 2 aromatic carbocycles. The van der Waals surface area contributed by atoms with Gasteiger partial charge >= 0.3 is 0 Å². The number of hydrogen-bond acceptors (Lipinski definition) is 5. The Labute approximate surface area is 173 Å². The SMILES string of the molecule is COc1ccccc1CCNC(=O)Cc1csc(COc2ccc(Cl)cc2)n1. The number of aromatic nitrogens is 1. The first kappa shape index (κ1) is 20.2. The van der Waals surface area contributed by atoms with E-state index in [2.05, 4.69) is 10.3 Å². The van der Waals surface area contributed by atoms with Crippen LogP contribution in [0.5, 0.6) is 11.5 Å². The summed E-state index contributed by atoms with van der Waals surface area (Å²) in [6, 6.07) is 15.0. The number of nitrogens with one attached hydrogen (secondary N) is 1. The highest BCUT2D eigenvalue weighted by molar-refractivity contribution is 7.09. The number of halogens is 1. The topological polar surface area (TPSA) is 60.5 Å². The summed E-state index contributed by atoms with van der Waals surface area (Å²) >= 11 is 7.34. The van der Waals surface area contributed by atoms with Crippen molar-refractivity contribution >= 4 is 28.8 Å². The summed E-state index contributed by atoms with van der Waals surface area (Å²) < 4.78 is 11.0. The number of rotatable bonds is 9. The number of benzene rings is 2. The number of para-hydroxylation sites is 1. The lowest BCUT2D eigenvalue weighted by atomic mass is 10.1. The number of ether oxygens (including phenoxy) is 2. The van der Waals surface area contributed by atoms with Gasteiger partial charge in [0.2, 0.25) is 5.91 Å². The van der Waals surface area contributed by atoms with Crippen molar-refractivity contribution < 1.29 is 14.3 Å². The minimum absolute atomic E-state index is 0.0506. The Morgan fingerprint density at radius 1 is 1.18 bits per heavy atom. The lowest BCUT2D eigenvalue weighted by Gasteiger charge is -2.08. The van der Waals surface area contributed by atoms with Crippen LogP contribution >= 0.6 is 22.9 Å². The molecule has 0 fully saturated rings. The van der Waals surface area contributed by atoms with Crippen LogP contribution in [0.2, 0.25) is 5.02 Å². The molecule has 28 heavy (non-hydrogen) atoms. The van der Waals surface area contributed by atoms with Crippen molar-refractivity contribution in [3.8, 4) is 11.5 Å². The second kappa shape index (κ2) is 10.1. The Bertz CT molecular complexity index is 912. The lowest BCUT2D eigenvalue weighted by molar-refractivity contribution is -0.120. The van der Waals surface area contributed by atoms with E-state index in [1.165, 1.54) is 11.3 Å². The van der Waals surface area contributed by atoms with E-state index in [0.717, 1.165) is 27.8 Å². The Morgan fingerprint density at radius 2 is 1.96 bits per heavy atom. The molecule has 0 aliphatic rings. The Hall–Kier alpha value is -2.57. The second-order valence-electron chi connectivity index (χ2n) is 6.06. The van der Waals surface area contributed by atoms with Crippen LogP contribution in [0.3, 0.4) is 0 Å². The molecule has 0 radical (unpaired) electrons. The maximum absolute atomic E-state index is 12.2. The fraction of sp³-hybridized carbons (Fsp3) is 0.238. The first-order valence-corrected chi connectivity index (χ1v) is 10.1. The molecule has 3 rings (SSSR count). The van der Waals surface area contributed by atoms with Gasteiger partial charge in [-0.1, -0.05) is 29.8 Å². The predicted octanol–water partition coefficient (Wildman–Crippen LogP) is 4.29. The van der Waals surface area contributed by atoms with E-state index in [1.54, 1.807) is 19.2 Å². The van der Waals surface area contributed by atoms with E-state index >= 15 is 0 Å². The maximum Gasteiger partial charge on any atom is 0.226 e. The molecular formula is C21H21ClN2O3S. The molecule has 5 nitrogen and oxygen atoms in total. The molecule has 1 aromatic heterocycles. The van der Waals surface area contributed by atoms with Crippen molar-refractivity contribution in [1.82, 2.24) is 10.3 Å². The zero-order valence-corrected chi connectivity index (χ0v) is 17.1. The van der Waals surface area contributed by atoms with Gasteiger partial charge in [0, 0.05) is 16.9 Å². The van der Waals surface area contributed by atoms with Crippen LogP contribution < -0.4 is 14.8 Å². The quantitative estimate of drug-likeness (QED) is 0.565. The summed E-state index contributed by atoms with van der Waals surface area (Å²) in [7, 11) is 1.65. The van der Waals surface area contributed by atoms with Crippen molar-refractivity contribution in [3.05, 3.63) is 75.2 Å². The number of methoxy groups -OCH3 is 1. The van der Waals surface area contributed by atoms with Gasteiger partial charge in [-0.3, -0.25) is 4.79 Å². The Balaban J connectivity index is 1.42. The van der Waals surface area contributed by atoms with Crippen molar-refractivity contribution in [3.63, 3.8) is 0 Å². The summed E-state index contributed by atoms with van der Waals surface area (Å²) in [6.07, 6.45) is 0.969. The molecular weight excluding hydrogens is 396 g/mol. The molecule has 1 heterocycles. The highest BCUT2D eigenvalue weighted by Gasteiger charge is 2.09. The highest BCUT2D eigenvalue weighted by atomic mass is 35.5. The average Bonchev–Trinajstić information content (AvgIpc) is 3.15. The number of carbonyl (C=O) groups is 1. The van der Waals surface area contributed by atoms with Crippen LogP contribution in [0.15, 0.2) is 53.9 Å². The van der Waals surface area contributed by atoms with Gasteiger partial charge in [0.25, 0.3) is 0 Å². The van der Waals surface area contributed by atoms with E-state index in [0.29, 0.717) is 24.6 Å². The summed E-state index contributed by atoms with van der Waals surface area (Å²) in [4.78, 5) is 16.6. The van der Waals surface area contributed by atoms with E-state index in [1.807, 2.05) is 41.8 Å². The molecule has 7 heteroatoms. The molecule has 0 bridgehead atoms. The summed E-state index contributed by atoms with van der Waals surface area (Å²) in [6.45, 7) is 0.914. The van der Waals surface area contributed by atoms with Gasteiger partial charge in [-0.2, -0.15) is 0 Å². The monoisotopic (exact) mass is 416 g/mol. The molecule has 3 aromatic rings. The van der Waals surface area contributed by atoms with Crippen LogP contribution in [0.1, 0.15) is 16.3 Å². The number of hydrogen-bond donors (Lipinski definition) is 1. The van der Waals surface area contributed by atoms with E-state index in [4.69, 9.17) is 21.1 Å². The third-order valence-electron chi connectivity index (χ3n) is 4.03. The minimum Gasteiger partial charge on any atom is -0.496 e. The predicted molar refractivity (Wildman–Crippen MR) is 111 cm³/mol. The van der Waals surface area contributed by atoms with Crippen LogP contribution in [0.4, 0.5) is 0 Å². The van der Waals surface area contributed by atoms with Gasteiger partial charge in [-0.15, -0.1) is 11.3 Å². The number of amides is 1. The normalized spacial score (nSPS) is 10.5. The molecule has 0 aliphatic carbocycles. The molecule has 146 valence electrons. The molecule has 0 unspecified atom stereocenters. The lowest BCUT2D eigenvalue weighted by Crippen LogP contribution is -2.27. The number of nitrogens with zero attached hydrogens (tertiary/aromatic N) is 1. The van der Waals surface area contributed by atoms with E-state index in [9.17, 15) is 4.79 Å². The van der Waals surface area contributed by atoms with Crippen LogP contribution in [-0.2, 0) is 24.2 Å². The smallest absolute Gasteiger partial charge is 0.226 e. The summed E-state index contributed by atoms with van der Waals surface area (Å²) in [5.74, 6) is 1.52. The third kappa shape index (κ3) is 5.97. The van der Waals surface area contributed by atoms with Gasteiger partial charge in [0.1, 0.15) is 23.1 Å². The second-order valence-corrected chi connectivity index (χ2v) is 7.44. The van der Waals surface area contributed by atoms with E-state index in [-0.39, 0.29) is 12.3 Å². The maximum atomic E-state index is 12.2. The molecule has 0 atom stereocenters. The fourth-order valence-electron chi connectivity index (χ4n) is 2.65. The molecule has 1 N–H and O–H groups in total. The third-order valence-corrected chi connectivity index (χ3v) is 5.15. The van der Waals surface area contributed by atoms with Crippen molar-refractivity contribution in [2.75, 3.05) is 13.7 Å². The van der Waals surface area contributed by atoms with Crippen molar-refractivity contribution in [1.29, 1.82) is 0 Å². The summed E-state index contributed by atoms with van der Waals surface area (Å²) in [5, 5.41) is 6.31. The van der Waals surface area contributed by atoms with Crippen molar-refractivity contribution in [2.45, 2.75) is 19.4 Å². The molecule has 0 aliphatic heterocycles. The number of carbonyl (C=O) groups excluding carboxylic acids is 1. The van der Waals surface area contributed by atoms with Gasteiger partial charge in [-0.05, 0) is 42.3 Å². The number of thiazole rings is 1. The first-order valence-electron chi connectivity index (χ1n) is 8.84. The first-order chi connectivity index (χ1) is 13.6. The van der Waals surface area contributed by atoms with Crippen LogP contribution in [-0.4, -0.2) is 24.5 Å². The Morgan fingerprint density at radius 3 is 2.75 bits per heavy atom. The van der Waals surface area contributed by atoms with Gasteiger partial charge in [0.05, 0.1) is 19.2 Å². The average molecular weight is 417 g/mol. The molecule has 0 saturated heterocycles. The highest BCUT2D eigenvalue weighted by Crippen LogP contribution is 2.19.